The van der Waals surface area contributed by atoms with Crippen molar-refractivity contribution in [2.45, 2.75) is 18.9 Å². The number of amides is 2. The van der Waals surface area contributed by atoms with Crippen LogP contribution in [0.5, 0.6) is 0 Å². The maximum atomic E-state index is 13.5. The summed E-state index contributed by atoms with van der Waals surface area (Å²) in [5.74, 6) is -2.62. The van der Waals surface area contributed by atoms with Gasteiger partial charge in [0.1, 0.15) is 11.7 Å². The molecule has 0 radical (unpaired) electrons. The first-order valence-electron chi connectivity index (χ1n) is 5.22. The van der Waals surface area contributed by atoms with Crippen LogP contribution in [0.4, 0.5) is 14.5 Å². The predicted octanol–water partition coefficient (Wildman–Crippen LogP) is 1.94. The number of anilines is 1. The van der Waals surface area contributed by atoms with Crippen LogP contribution >= 0.6 is 15.9 Å². The Kier molecular flexibility index (Phi) is 3.60. The quantitative estimate of drug-likeness (QED) is 0.875. The van der Waals surface area contributed by atoms with E-state index in [2.05, 4.69) is 26.6 Å². The van der Waals surface area contributed by atoms with E-state index in [-0.39, 0.29) is 16.8 Å². The Labute approximate surface area is 110 Å². The molecule has 96 valence electrons. The van der Waals surface area contributed by atoms with E-state index < -0.39 is 29.3 Å². The summed E-state index contributed by atoms with van der Waals surface area (Å²) in [6.07, 6.45) is 0.563. The van der Waals surface area contributed by atoms with Crippen molar-refractivity contribution in [2.24, 2.45) is 0 Å². The zero-order valence-electron chi connectivity index (χ0n) is 9.10. The smallest absolute Gasteiger partial charge is 0.247 e. The van der Waals surface area contributed by atoms with Gasteiger partial charge in [-0.1, -0.05) is 15.9 Å². The zero-order valence-corrected chi connectivity index (χ0v) is 10.7. The summed E-state index contributed by atoms with van der Waals surface area (Å²) >= 11 is 2.94. The molecule has 1 saturated heterocycles. The van der Waals surface area contributed by atoms with Crippen molar-refractivity contribution in [1.29, 1.82) is 0 Å². The van der Waals surface area contributed by atoms with E-state index in [1.165, 1.54) is 0 Å². The first kappa shape index (κ1) is 12.9. The van der Waals surface area contributed by atoms with Crippen molar-refractivity contribution < 1.29 is 18.4 Å². The van der Waals surface area contributed by atoms with E-state index in [0.29, 0.717) is 6.42 Å². The molecule has 1 fully saturated rings. The fourth-order valence-corrected chi connectivity index (χ4v) is 2.08. The molecule has 0 saturated carbocycles. The third kappa shape index (κ3) is 2.66. The molecular weight excluding hydrogens is 310 g/mol. The van der Waals surface area contributed by atoms with Crippen LogP contribution in [-0.2, 0) is 9.59 Å². The van der Waals surface area contributed by atoms with E-state index >= 15 is 0 Å². The lowest BCUT2D eigenvalue weighted by Gasteiger charge is -2.12. The minimum atomic E-state index is -0.875. The van der Waals surface area contributed by atoms with Crippen LogP contribution in [0.2, 0.25) is 0 Å². The molecule has 2 N–H and O–H groups in total. The van der Waals surface area contributed by atoms with Gasteiger partial charge in [0.2, 0.25) is 11.8 Å². The Morgan fingerprint density at radius 3 is 2.50 bits per heavy atom. The number of halogens is 3. The number of nitrogens with one attached hydrogen (secondary N) is 2. The molecule has 0 bridgehead atoms. The highest BCUT2D eigenvalue weighted by Crippen LogP contribution is 2.24. The maximum absolute atomic E-state index is 13.5. The van der Waals surface area contributed by atoms with Crippen LogP contribution in [0.15, 0.2) is 16.6 Å². The van der Waals surface area contributed by atoms with Gasteiger partial charge in [-0.15, -0.1) is 0 Å². The lowest BCUT2D eigenvalue weighted by atomic mass is 10.2. The first-order chi connectivity index (χ1) is 8.47. The van der Waals surface area contributed by atoms with Crippen LogP contribution in [-0.4, -0.2) is 17.9 Å². The minimum absolute atomic E-state index is 0.239. The number of carbonyl (C=O) groups is 2. The van der Waals surface area contributed by atoms with Crippen molar-refractivity contribution in [2.75, 3.05) is 5.32 Å². The van der Waals surface area contributed by atoms with Gasteiger partial charge in [-0.05, 0) is 18.6 Å². The third-order valence-corrected chi connectivity index (χ3v) is 3.02. The predicted molar refractivity (Wildman–Crippen MR) is 63.9 cm³/mol. The average molecular weight is 319 g/mol. The second-order valence-electron chi connectivity index (χ2n) is 3.89. The fraction of sp³-hybridized carbons (Fsp3) is 0.273. The van der Waals surface area contributed by atoms with E-state index in [0.717, 1.165) is 12.1 Å². The number of benzene rings is 1. The van der Waals surface area contributed by atoms with Crippen molar-refractivity contribution in [3.63, 3.8) is 0 Å². The van der Waals surface area contributed by atoms with E-state index in [4.69, 9.17) is 0 Å². The summed E-state index contributed by atoms with van der Waals surface area (Å²) in [6.45, 7) is 0. The van der Waals surface area contributed by atoms with Gasteiger partial charge in [-0.3, -0.25) is 9.59 Å². The molecule has 1 aromatic rings. The van der Waals surface area contributed by atoms with Gasteiger partial charge >= 0.3 is 0 Å². The molecule has 2 rings (SSSR count). The highest BCUT2D eigenvalue weighted by Gasteiger charge is 2.28. The van der Waals surface area contributed by atoms with Crippen molar-refractivity contribution in [1.82, 2.24) is 5.32 Å². The molecule has 0 aromatic heterocycles. The maximum Gasteiger partial charge on any atom is 0.247 e. The molecule has 1 aliphatic rings. The van der Waals surface area contributed by atoms with Gasteiger partial charge in [0.15, 0.2) is 11.6 Å². The molecular formula is C11H9BrF2N2O2. The monoisotopic (exact) mass is 318 g/mol. The highest BCUT2D eigenvalue weighted by molar-refractivity contribution is 9.10. The lowest BCUT2D eigenvalue weighted by Crippen LogP contribution is -2.37. The summed E-state index contributed by atoms with van der Waals surface area (Å²) in [4.78, 5) is 22.6. The summed E-state index contributed by atoms with van der Waals surface area (Å²) in [5, 5.41) is 4.56. The van der Waals surface area contributed by atoms with Gasteiger partial charge in [-0.2, -0.15) is 0 Å². The molecule has 0 aliphatic carbocycles. The number of carbonyl (C=O) groups excluding carboxylic acids is 2. The van der Waals surface area contributed by atoms with Gasteiger partial charge in [0.25, 0.3) is 0 Å². The van der Waals surface area contributed by atoms with Gasteiger partial charge in [-0.25, -0.2) is 8.78 Å². The molecule has 0 spiro atoms. The normalized spacial score (nSPS) is 18.6. The molecule has 7 heteroatoms. The van der Waals surface area contributed by atoms with Crippen LogP contribution < -0.4 is 10.6 Å². The van der Waals surface area contributed by atoms with E-state index in [1.54, 1.807) is 0 Å². The Hall–Kier alpha value is -1.50. The second kappa shape index (κ2) is 5.01. The van der Waals surface area contributed by atoms with Crippen LogP contribution in [0.3, 0.4) is 0 Å². The Bertz CT molecular complexity index is 499. The average Bonchev–Trinajstić information content (AvgIpc) is 2.70. The lowest BCUT2D eigenvalue weighted by molar-refractivity contribution is -0.122. The molecule has 2 amide bonds. The molecule has 4 nitrogen and oxygen atoms in total. The van der Waals surface area contributed by atoms with Crippen molar-refractivity contribution in [3.8, 4) is 0 Å². The van der Waals surface area contributed by atoms with Crippen LogP contribution in [0.25, 0.3) is 0 Å². The molecule has 0 unspecified atom stereocenters. The van der Waals surface area contributed by atoms with E-state index in [1.807, 2.05) is 0 Å². The highest BCUT2D eigenvalue weighted by atomic mass is 79.9. The fourth-order valence-electron chi connectivity index (χ4n) is 1.68. The standard InChI is InChI=1S/C11H9BrF2N2O2/c12-5-3-6(13)10(7(14)4-5)16-11(18)8-1-2-9(17)15-8/h3-4,8H,1-2H2,(H,15,17)(H,16,18)/t8-/m1/s1. The summed E-state index contributed by atoms with van der Waals surface area (Å²) in [5.41, 5.74) is -0.510. The summed E-state index contributed by atoms with van der Waals surface area (Å²) in [7, 11) is 0. The van der Waals surface area contributed by atoms with Gasteiger partial charge in [0, 0.05) is 10.9 Å². The van der Waals surface area contributed by atoms with Gasteiger partial charge in [0.05, 0.1) is 0 Å². The SMILES string of the molecule is O=C1CC[C@H](C(=O)Nc2c(F)cc(Br)cc2F)N1. The van der Waals surface area contributed by atoms with Crippen LogP contribution in [0, 0.1) is 11.6 Å². The molecule has 1 aliphatic heterocycles. The van der Waals surface area contributed by atoms with Crippen molar-refractivity contribution in [3.05, 3.63) is 28.2 Å². The Morgan fingerprint density at radius 2 is 2.00 bits per heavy atom. The zero-order chi connectivity index (χ0) is 13.3. The summed E-state index contributed by atoms with van der Waals surface area (Å²) < 4.78 is 27.2. The molecule has 1 heterocycles. The molecule has 1 atom stereocenters. The van der Waals surface area contributed by atoms with Crippen molar-refractivity contribution >= 4 is 33.4 Å². The molecule has 18 heavy (non-hydrogen) atoms. The number of rotatable bonds is 2. The summed E-state index contributed by atoms with van der Waals surface area (Å²) in [6, 6.07) is 1.36. The number of hydrogen-bond donors (Lipinski definition) is 2. The largest absolute Gasteiger partial charge is 0.344 e. The third-order valence-electron chi connectivity index (χ3n) is 2.57. The topological polar surface area (TPSA) is 58.2 Å². The Balaban J connectivity index is 2.14. The van der Waals surface area contributed by atoms with E-state index in [9.17, 15) is 18.4 Å². The molecule has 1 aromatic carbocycles. The second-order valence-corrected chi connectivity index (χ2v) is 4.81. The first-order valence-corrected chi connectivity index (χ1v) is 6.01. The number of hydrogen-bond acceptors (Lipinski definition) is 2. The Morgan fingerprint density at radius 1 is 1.39 bits per heavy atom. The van der Waals surface area contributed by atoms with Crippen LogP contribution in [0.1, 0.15) is 12.8 Å². The van der Waals surface area contributed by atoms with Gasteiger partial charge < -0.3 is 10.6 Å². The minimum Gasteiger partial charge on any atom is -0.344 e.